The molecule has 1 saturated heterocycles. The first-order chi connectivity index (χ1) is 9.08. The summed E-state index contributed by atoms with van der Waals surface area (Å²) in [5, 5.41) is 8.76. The molecule has 1 atom stereocenters. The maximum atomic E-state index is 12.3. The van der Waals surface area contributed by atoms with Crippen LogP contribution in [0.1, 0.15) is 42.7 Å². The molecular formula is C13H16BrNO4. The average molecular weight is 330 g/mol. The zero-order valence-electron chi connectivity index (χ0n) is 10.5. The minimum absolute atomic E-state index is 0.00113. The Kier molecular flexibility index (Phi) is 4.63. The number of piperidine rings is 1. The van der Waals surface area contributed by atoms with Gasteiger partial charge in [0, 0.05) is 19.0 Å². The van der Waals surface area contributed by atoms with Crippen molar-refractivity contribution in [2.75, 3.05) is 6.54 Å². The van der Waals surface area contributed by atoms with Gasteiger partial charge in [0.15, 0.2) is 10.4 Å². The highest BCUT2D eigenvalue weighted by Gasteiger charge is 2.29. The number of halogens is 1. The summed E-state index contributed by atoms with van der Waals surface area (Å²) < 4.78 is 5.80. The Labute approximate surface area is 119 Å². The van der Waals surface area contributed by atoms with Crippen LogP contribution in [0.15, 0.2) is 21.2 Å². The number of carbonyl (C=O) groups excluding carboxylic acids is 1. The second-order valence-corrected chi connectivity index (χ2v) is 5.47. The molecule has 6 heteroatoms. The maximum Gasteiger partial charge on any atom is 0.303 e. The molecule has 2 rings (SSSR count). The lowest BCUT2D eigenvalue weighted by atomic mass is 9.97. The molecule has 0 saturated carbocycles. The van der Waals surface area contributed by atoms with Gasteiger partial charge in [-0.25, -0.2) is 0 Å². The second kappa shape index (κ2) is 6.23. The minimum atomic E-state index is -0.821. The van der Waals surface area contributed by atoms with Crippen LogP contribution in [0.3, 0.4) is 0 Å². The third kappa shape index (κ3) is 3.59. The molecule has 1 amide bonds. The van der Waals surface area contributed by atoms with Gasteiger partial charge in [-0.3, -0.25) is 9.59 Å². The lowest BCUT2D eigenvalue weighted by Crippen LogP contribution is -2.43. The van der Waals surface area contributed by atoms with Gasteiger partial charge in [0.05, 0.1) is 0 Å². The normalized spacial score (nSPS) is 19.4. The van der Waals surface area contributed by atoms with Crippen LogP contribution in [-0.2, 0) is 4.79 Å². The molecule has 104 valence electrons. The van der Waals surface area contributed by atoms with Crippen LogP contribution in [0.4, 0.5) is 0 Å². The molecule has 1 aromatic heterocycles. The van der Waals surface area contributed by atoms with Crippen molar-refractivity contribution in [2.45, 2.75) is 38.1 Å². The molecule has 0 unspecified atom stereocenters. The van der Waals surface area contributed by atoms with E-state index in [0.717, 1.165) is 19.3 Å². The van der Waals surface area contributed by atoms with Crippen LogP contribution < -0.4 is 0 Å². The van der Waals surface area contributed by atoms with E-state index in [1.165, 1.54) is 0 Å². The standard InChI is InChI=1S/C13H16BrNO4/c14-11-6-5-10(19-11)13(18)15-8-2-1-3-9(15)4-7-12(16)17/h5-6,9H,1-4,7-8H2,(H,16,17)/t9-/m0/s1. The lowest BCUT2D eigenvalue weighted by Gasteiger charge is -2.35. The summed E-state index contributed by atoms with van der Waals surface area (Å²) in [5.41, 5.74) is 0. The van der Waals surface area contributed by atoms with Gasteiger partial charge in [-0.2, -0.15) is 0 Å². The van der Waals surface area contributed by atoms with Gasteiger partial charge >= 0.3 is 5.97 Å². The van der Waals surface area contributed by atoms with Crippen molar-refractivity contribution in [3.63, 3.8) is 0 Å². The maximum absolute atomic E-state index is 12.3. The number of aliphatic carboxylic acids is 1. The van der Waals surface area contributed by atoms with E-state index in [4.69, 9.17) is 9.52 Å². The monoisotopic (exact) mass is 329 g/mol. The van der Waals surface area contributed by atoms with E-state index >= 15 is 0 Å². The van der Waals surface area contributed by atoms with E-state index in [2.05, 4.69) is 15.9 Å². The van der Waals surface area contributed by atoms with E-state index in [1.807, 2.05) is 0 Å². The second-order valence-electron chi connectivity index (χ2n) is 4.68. The van der Waals surface area contributed by atoms with Crippen molar-refractivity contribution in [3.05, 3.63) is 22.6 Å². The smallest absolute Gasteiger partial charge is 0.303 e. The predicted octanol–water partition coefficient (Wildman–Crippen LogP) is 2.90. The van der Waals surface area contributed by atoms with Crippen molar-refractivity contribution in [3.8, 4) is 0 Å². The van der Waals surface area contributed by atoms with Crippen LogP contribution in [0, 0.1) is 0 Å². The Hall–Kier alpha value is -1.30. The molecule has 1 aliphatic heterocycles. The van der Waals surface area contributed by atoms with Gasteiger partial charge in [-0.15, -0.1) is 0 Å². The highest BCUT2D eigenvalue weighted by atomic mass is 79.9. The number of amides is 1. The minimum Gasteiger partial charge on any atom is -0.481 e. The lowest BCUT2D eigenvalue weighted by molar-refractivity contribution is -0.137. The van der Waals surface area contributed by atoms with Gasteiger partial charge in [-0.1, -0.05) is 0 Å². The third-order valence-corrected chi connectivity index (χ3v) is 3.79. The first-order valence-electron chi connectivity index (χ1n) is 6.36. The number of rotatable bonds is 4. The first-order valence-corrected chi connectivity index (χ1v) is 7.15. The summed E-state index contributed by atoms with van der Waals surface area (Å²) in [6.45, 7) is 0.668. The van der Waals surface area contributed by atoms with Crippen molar-refractivity contribution in [1.82, 2.24) is 4.90 Å². The molecule has 0 spiro atoms. The SMILES string of the molecule is O=C(O)CC[C@@H]1CCCCN1C(=O)c1ccc(Br)o1. The summed E-state index contributed by atoms with van der Waals surface area (Å²) in [4.78, 5) is 24.7. The molecule has 0 aromatic carbocycles. The Morgan fingerprint density at radius 2 is 2.21 bits per heavy atom. The molecule has 19 heavy (non-hydrogen) atoms. The molecule has 2 heterocycles. The van der Waals surface area contributed by atoms with Gasteiger partial charge in [0.1, 0.15) is 0 Å². The summed E-state index contributed by atoms with van der Waals surface area (Å²) >= 11 is 3.17. The molecule has 1 aromatic rings. The van der Waals surface area contributed by atoms with E-state index in [0.29, 0.717) is 23.4 Å². The number of carbonyl (C=O) groups is 2. The van der Waals surface area contributed by atoms with E-state index in [1.54, 1.807) is 17.0 Å². The molecular weight excluding hydrogens is 314 g/mol. The molecule has 1 N–H and O–H groups in total. The van der Waals surface area contributed by atoms with Crippen LogP contribution in [0.25, 0.3) is 0 Å². The van der Waals surface area contributed by atoms with Gasteiger partial charge in [0.25, 0.3) is 5.91 Å². The van der Waals surface area contributed by atoms with Gasteiger partial charge in [0.2, 0.25) is 0 Å². The predicted molar refractivity (Wildman–Crippen MR) is 72.0 cm³/mol. The summed E-state index contributed by atoms with van der Waals surface area (Å²) in [6, 6.07) is 3.32. The Balaban J connectivity index is 2.06. The highest BCUT2D eigenvalue weighted by Crippen LogP contribution is 2.24. The Morgan fingerprint density at radius 1 is 1.42 bits per heavy atom. The summed E-state index contributed by atoms with van der Waals surface area (Å²) in [6.07, 6.45) is 3.45. The highest BCUT2D eigenvalue weighted by molar-refractivity contribution is 9.10. The number of nitrogens with zero attached hydrogens (tertiary/aromatic N) is 1. The van der Waals surface area contributed by atoms with Crippen molar-refractivity contribution < 1.29 is 19.1 Å². The summed E-state index contributed by atoms with van der Waals surface area (Å²) in [5.74, 6) is -0.673. The molecule has 5 nitrogen and oxygen atoms in total. The van der Waals surface area contributed by atoms with Gasteiger partial charge < -0.3 is 14.4 Å². The summed E-state index contributed by atoms with van der Waals surface area (Å²) in [7, 11) is 0. The van der Waals surface area contributed by atoms with Gasteiger partial charge in [-0.05, 0) is 53.7 Å². The fraction of sp³-hybridized carbons (Fsp3) is 0.538. The zero-order chi connectivity index (χ0) is 13.8. The number of carboxylic acid groups (broad SMARTS) is 1. The van der Waals surface area contributed by atoms with Crippen LogP contribution in [-0.4, -0.2) is 34.5 Å². The van der Waals surface area contributed by atoms with E-state index in [-0.39, 0.29) is 18.4 Å². The van der Waals surface area contributed by atoms with E-state index in [9.17, 15) is 9.59 Å². The van der Waals surface area contributed by atoms with E-state index < -0.39 is 5.97 Å². The zero-order valence-corrected chi connectivity index (χ0v) is 12.1. The van der Waals surface area contributed by atoms with Crippen LogP contribution in [0.5, 0.6) is 0 Å². The number of likely N-dealkylation sites (tertiary alicyclic amines) is 1. The fourth-order valence-corrected chi connectivity index (χ4v) is 2.74. The molecule has 0 aliphatic carbocycles. The van der Waals surface area contributed by atoms with Crippen molar-refractivity contribution >= 4 is 27.8 Å². The molecule has 0 radical (unpaired) electrons. The fourth-order valence-electron chi connectivity index (χ4n) is 2.43. The molecule has 1 fully saturated rings. The van der Waals surface area contributed by atoms with Crippen molar-refractivity contribution in [1.29, 1.82) is 0 Å². The molecule has 0 bridgehead atoms. The number of hydrogen-bond donors (Lipinski definition) is 1. The van der Waals surface area contributed by atoms with Crippen LogP contribution in [0.2, 0.25) is 0 Å². The van der Waals surface area contributed by atoms with Crippen molar-refractivity contribution in [2.24, 2.45) is 0 Å². The third-order valence-electron chi connectivity index (χ3n) is 3.36. The number of furan rings is 1. The largest absolute Gasteiger partial charge is 0.481 e. The topological polar surface area (TPSA) is 70.8 Å². The Bertz CT molecular complexity index is 471. The van der Waals surface area contributed by atoms with Crippen LogP contribution >= 0.6 is 15.9 Å². The molecule has 1 aliphatic rings. The quantitative estimate of drug-likeness (QED) is 0.921. The average Bonchev–Trinajstić information content (AvgIpc) is 2.82. The Morgan fingerprint density at radius 3 is 2.84 bits per heavy atom. The number of carboxylic acids is 1. The number of hydrogen-bond acceptors (Lipinski definition) is 3. The first kappa shape index (κ1) is 14.1.